The van der Waals surface area contributed by atoms with Crippen LogP contribution in [0.25, 0.3) is 11.2 Å². The molecule has 0 fully saturated rings. The van der Waals surface area contributed by atoms with Gasteiger partial charge in [-0.2, -0.15) is 0 Å². The molecule has 0 saturated carbocycles. The van der Waals surface area contributed by atoms with Gasteiger partial charge in [0.25, 0.3) is 5.91 Å². The minimum atomic E-state index is -0.197. The summed E-state index contributed by atoms with van der Waals surface area (Å²) in [6.07, 6.45) is 5.54. The number of aromatic nitrogens is 3. The molecule has 0 bridgehead atoms. The number of nitrogens with zero attached hydrogens (tertiary/aromatic N) is 3. The summed E-state index contributed by atoms with van der Waals surface area (Å²) in [7, 11) is 0. The summed E-state index contributed by atoms with van der Waals surface area (Å²) in [5.41, 5.74) is 2.81. The quantitative estimate of drug-likeness (QED) is 0.829. The zero-order valence-electron chi connectivity index (χ0n) is 15.6. The number of carbonyl (C=O) groups is 2. The highest BCUT2D eigenvalue weighted by Crippen LogP contribution is 2.23. The summed E-state index contributed by atoms with van der Waals surface area (Å²) in [5.74, 6) is 0.776. The van der Waals surface area contributed by atoms with Gasteiger partial charge in [-0.05, 0) is 32.3 Å². The van der Waals surface area contributed by atoms with E-state index in [0.29, 0.717) is 24.2 Å². The molecule has 1 aliphatic heterocycles. The van der Waals surface area contributed by atoms with Gasteiger partial charge >= 0.3 is 0 Å². The number of rotatable bonds is 6. The van der Waals surface area contributed by atoms with Crippen LogP contribution >= 0.6 is 0 Å². The van der Waals surface area contributed by atoms with Crippen LogP contribution in [0.4, 0.5) is 0 Å². The maximum Gasteiger partial charge on any atom is 0.253 e. The van der Waals surface area contributed by atoms with E-state index in [9.17, 15) is 9.59 Å². The van der Waals surface area contributed by atoms with Gasteiger partial charge < -0.3 is 15.2 Å². The van der Waals surface area contributed by atoms with Gasteiger partial charge in [0.15, 0.2) is 5.65 Å². The predicted octanol–water partition coefficient (Wildman–Crippen LogP) is 2.11. The Morgan fingerprint density at radius 1 is 1.15 bits per heavy atom. The lowest BCUT2D eigenvalue weighted by Gasteiger charge is -2.08. The number of imidazole rings is 1. The Kier molecular flexibility index (Phi) is 5.85. The molecule has 1 aliphatic rings. The highest BCUT2D eigenvalue weighted by Gasteiger charge is 2.20. The van der Waals surface area contributed by atoms with Gasteiger partial charge in [-0.15, -0.1) is 0 Å². The lowest BCUT2D eigenvalue weighted by Crippen LogP contribution is -2.31. The number of hydrogen-bond donors (Lipinski definition) is 2. The highest BCUT2D eigenvalue weighted by molar-refractivity contribution is 6.04. The summed E-state index contributed by atoms with van der Waals surface area (Å²) in [6.45, 7) is 5.78. The zero-order chi connectivity index (χ0) is 18.5. The molecule has 0 aliphatic carbocycles. The number of carbonyl (C=O) groups excluding carboxylic acids is 2. The molecule has 2 aromatic heterocycles. The van der Waals surface area contributed by atoms with Crippen LogP contribution in [0, 0.1) is 6.92 Å². The van der Waals surface area contributed by atoms with E-state index in [1.54, 1.807) is 6.07 Å². The summed E-state index contributed by atoms with van der Waals surface area (Å²) >= 11 is 0. The van der Waals surface area contributed by atoms with Crippen LogP contribution in [0.2, 0.25) is 0 Å². The summed E-state index contributed by atoms with van der Waals surface area (Å²) in [5, 5.41) is 5.65. The third-order valence-corrected chi connectivity index (χ3v) is 4.65. The van der Waals surface area contributed by atoms with E-state index in [-0.39, 0.29) is 18.2 Å². The van der Waals surface area contributed by atoms with E-state index < -0.39 is 0 Å². The summed E-state index contributed by atoms with van der Waals surface area (Å²) in [6, 6.07) is 1.78. The van der Waals surface area contributed by atoms with Crippen LogP contribution in [0.15, 0.2) is 6.07 Å². The second-order valence-electron chi connectivity index (χ2n) is 6.83. The molecule has 140 valence electrons. The molecule has 0 atom stereocenters. The van der Waals surface area contributed by atoms with E-state index >= 15 is 0 Å². The van der Waals surface area contributed by atoms with Gasteiger partial charge in [0, 0.05) is 38.2 Å². The Labute approximate surface area is 153 Å². The third kappa shape index (κ3) is 4.03. The molecule has 3 rings (SSSR count). The fourth-order valence-electron chi connectivity index (χ4n) is 3.33. The fourth-order valence-corrected chi connectivity index (χ4v) is 3.33. The van der Waals surface area contributed by atoms with Crippen molar-refractivity contribution in [1.82, 2.24) is 25.2 Å². The molecule has 0 saturated heterocycles. The number of aryl methyl sites for hydroxylation is 3. The van der Waals surface area contributed by atoms with Gasteiger partial charge in [0.2, 0.25) is 5.91 Å². The van der Waals surface area contributed by atoms with Crippen LogP contribution in [0.1, 0.15) is 60.9 Å². The van der Waals surface area contributed by atoms with Crippen molar-refractivity contribution < 1.29 is 9.59 Å². The first-order chi connectivity index (χ1) is 12.6. The molecular weight excluding hydrogens is 330 g/mol. The molecule has 2 aromatic rings. The summed E-state index contributed by atoms with van der Waals surface area (Å²) < 4.78 is 2.16. The van der Waals surface area contributed by atoms with E-state index in [2.05, 4.69) is 20.2 Å². The van der Waals surface area contributed by atoms with Crippen LogP contribution < -0.4 is 10.6 Å². The molecule has 2 amide bonds. The van der Waals surface area contributed by atoms with Crippen LogP contribution in [-0.4, -0.2) is 39.4 Å². The van der Waals surface area contributed by atoms with Gasteiger partial charge in [0.1, 0.15) is 11.3 Å². The minimum absolute atomic E-state index is 0.0445. The van der Waals surface area contributed by atoms with E-state index in [1.807, 2.05) is 13.8 Å². The maximum absolute atomic E-state index is 12.7. The average molecular weight is 357 g/mol. The van der Waals surface area contributed by atoms with Crippen molar-refractivity contribution in [2.75, 3.05) is 13.1 Å². The first-order valence-electron chi connectivity index (χ1n) is 9.51. The second-order valence-corrected chi connectivity index (χ2v) is 6.83. The number of hydrogen-bond acceptors (Lipinski definition) is 4. The Hall–Kier alpha value is -2.44. The molecule has 0 aromatic carbocycles. The van der Waals surface area contributed by atoms with Crippen LogP contribution in [0.5, 0.6) is 0 Å². The van der Waals surface area contributed by atoms with Gasteiger partial charge in [-0.1, -0.05) is 13.3 Å². The summed E-state index contributed by atoms with van der Waals surface area (Å²) in [4.78, 5) is 33.7. The van der Waals surface area contributed by atoms with Crippen LogP contribution in [0.3, 0.4) is 0 Å². The standard InChI is InChI=1S/C19H27N5O2/c1-3-9-20-16(25)8-10-21-19(26)14-12-13(2)22-18-17(14)23-15-7-5-4-6-11-24(15)18/h12H,3-11H2,1-2H3,(H,20,25)(H,21,26). The largest absolute Gasteiger partial charge is 0.356 e. The molecule has 0 radical (unpaired) electrons. The van der Waals surface area contributed by atoms with E-state index in [4.69, 9.17) is 4.98 Å². The third-order valence-electron chi connectivity index (χ3n) is 4.65. The first-order valence-corrected chi connectivity index (χ1v) is 9.51. The molecule has 26 heavy (non-hydrogen) atoms. The smallest absolute Gasteiger partial charge is 0.253 e. The lowest BCUT2D eigenvalue weighted by molar-refractivity contribution is -0.120. The Balaban J connectivity index is 1.77. The molecular formula is C19H27N5O2. The molecule has 7 heteroatoms. The lowest BCUT2D eigenvalue weighted by atomic mass is 10.2. The van der Waals surface area contributed by atoms with Crippen molar-refractivity contribution in [3.8, 4) is 0 Å². The van der Waals surface area contributed by atoms with Crippen molar-refractivity contribution in [3.63, 3.8) is 0 Å². The average Bonchev–Trinajstić information content (AvgIpc) is 2.80. The highest BCUT2D eigenvalue weighted by atomic mass is 16.2. The number of amides is 2. The van der Waals surface area contributed by atoms with E-state index in [1.165, 1.54) is 6.42 Å². The molecule has 2 N–H and O–H groups in total. The molecule has 0 unspecified atom stereocenters. The SMILES string of the molecule is CCCNC(=O)CCNC(=O)c1cc(C)nc2c1nc1n2CCCCC1. The van der Waals surface area contributed by atoms with E-state index in [0.717, 1.165) is 49.4 Å². The van der Waals surface area contributed by atoms with Gasteiger partial charge in [0.05, 0.1) is 5.56 Å². The Bertz CT molecular complexity index is 812. The Morgan fingerprint density at radius 3 is 2.81 bits per heavy atom. The first kappa shape index (κ1) is 18.4. The van der Waals surface area contributed by atoms with Crippen molar-refractivity contribution in [2.24, 2.45) is 0 Å². The molecule has 3 heterocycles. The van der Waals surface area contributed by atoms with Gasteiger partial charge in [-0.3, -0.25) is 9.59 Å². The number of fused-ring (bicyclic) bond motifs is 3. The second kappa shape index (κ2) is 8.29. The minimum Gasteiger partial charge on any atom is -0.356 e. The molecule has 0 spiro atoms. The Morgan fingerprint density at radius 2 is 2.00 bits per heavy atom. The number of pyridine rings is 1. The predicted molar refractivity (Wildman–Crippen MR) is 100 cm³/mol. The molecule has 7 nitrogen and oxygen atoms in total. The van der Waals surface area contributed by atoms with Gasteiger partial charge in [-0.25, -0.2) is 9.97 Å². The fraction of sp³-hybridized carbons (Fsp3) is 0.579. The van der Waals surface area contributed by atoms with Crippen molar-refractivity contribution >= 4 is 23.0 Å². The monoisotopic (exact) mass is 357 g/mol. The van der Waals surface area contributed by atoms with Crippen molar-refractivity contribution in [1.29, 1.82) is 0 Å². The number of nitrogens with one attached hydrogen (secondary N) is 2. The van der Waals surface area contributed by atoms with Crippen LogP contribution in [-0.2, 0) is 17.8 Å². The maximum atomic E-state index is 12.7. The topological polar surface area (TPSA) is 88.9 Å². The zero-order valence-corrected chi connectivity index (χ0v) is 15.6. The normalized spacial score (nSPS) is 13.9. The van der Waals surface area contributed by atoms with Crippen molar-refractivity contribution in [2.45, 2.75) is 58.9 Å². The van der Waals surface area contributed by atoms with Crippen molar-refractivity contribution in [3.05, 3.63) is 23.1 Å².